The van der Waals surface area contributed by atoms with Crippen LogP contribution in [0.15, 0.2) is 64.2 Å². The third-order valence-corrected chi connectivity index (χ3v) is 4.14. The fourth-order valence-electron chi connectivity index (χ4n) is 2.01. The van der Waals surface area contributed by atoms with E-state index in [1.54, 1.807) is 6.92 Å². The lowest BCUT2D eigenvalue weighted by Crippen LogP contribution is -2.13. The van der Waals surface area contributed by atoms with Crippen molar-refractivity contribution in [1.29, 1.82) is 0 Å². The zero-order valence-corrected chi connectivity index (χ0v) is 13.1. The number of benzene rings is 2. The summed E-state index contributed by atoms with van der Waals surface area (Å²) in [6.45, 7) is 1.75. The Balaban J connectivity index is 1.71. The van der Waals surface area contributed by atoms with E-state index in [1.807, 2.05) is 30.3 Å². The van der Waals surface area contributed by atoms with Gasteiger partial charge in [0, 0.05) is 11.1 Å². The largest absolute Gasteiger partial charge is 0.411 e. The Bertz CT molecular complexity index is 803. The average Bonchev–Trinajstić information content (AvgIpc) is 3.04. The summed E-state index contributed by atoms with van der Waals surface area (Å²) in [7, 11) is 0. The smallest absolute Gasteiger partial charge is 0.277 e. The number of halogens is 1. The first-order valence-corrected chi connectivity index (χ1v) is 7.87. The number of nitrogens with zero attached hydrogens (tertiary/aromatic N) is 2. The van der Waals surface area contributed by atoms with Gasteiger partial charge in [0.2, 0.25) is 5.89 Å². The first-order chi connectivity index (χ1) is 11.1. The first kappa shape index (κ1) is 15.4. The van der Waals surface area contributed by atoms with Crippen LogP contribution in [0.25, 0.3) is 11.5 Å². The zero-order valence-electron chi connectivity index (χ0n) is 12.3. The molecule has 0 spiro atoms. The van der Waals surface area contributed by atoms with E-state index in [0.717, 1.165) is 5.56 Å². The maximum atomic E-state index is 12.9. The molecule has 0 aliphatic carbocycles. The van der Waals surface area contributed by atoms with E-state index in [2.05, 4.69) is 10.2 Å². The number of ketones is 1. The number of carbonyl (C=O) groups excluding carboxylic acids is 1. The summed E-state index contributed by atoms with van der Waals surface area (Å²) in [5.41, 5.74) is 1.28. The van der Waals surface area contributed by atoms with E-state index in [1.165, 1.54) is 36.0 Å². The van der Waals surface area contributed by atoms with Crippen LogP contribution in [-0.2, 0) is 0 Å². The van der Waals surface area contributed by atoms with Gasteiger partial charge in [-0.1, -0.05) is 30.0 Å². The predicted octanol–water partition coefficient (Wildman–Crippen LogP) is 4.24. The fraction of sp³-hybridized carbons (Fsp3) is 0.118. The molecule has 116 valence electrons. The highest BCUT2D eigenvalue weighted by molar-refractivity contribution is 8.00. The minimum atomic E-state index is -0.412. The normalized spacial score (nSPS) is 12.1. The third-order valence-electron chi connectivity index (χ3n) is 3.20. The second-order valence-electron chi connectivity index (χ2n) is 4.87. The molecule has 0 aliphatic rings. The molecule has 0 fully saturated rings. The molecule has 1 atom stereocenters. The van der Waals surface area contributed by atoms with Gasteiger partial charge in [-0.25, -0.2) is 4.39 Å². The lowest BCUT2D eigenvalue weighted by Gasteiger charge is -2.07. The van der Waals surface area contributed by atoms with Gasteiger partial charge in [0.05, 0.1) is 5.25 Å². The van der Waals surface area contributed by atoms with E-state index >= 15 is 0 Å². The summed E-state index contributed by atoms with van der Waals surface area (Å²) in [4.78, 5) is 12.3. The molecule has 0 saturated heterocycles. The second kappa shape index (κ2) is 6.75. The molecule has 0 N–H and O–H groups in total. The van der Waals surface area contributed by atoms with Crippen molar-refractivity contribution in [1.82, 2.24) is 10.2 Å². The van der Waals surface area contributed by atoms with E-state index in [4.69, 9.17) is 4.42 Å². The monoisotopic (exact) mass is 328 g/mol. The molecular formula is C17H13FN2O2S. The van der Waals surface area contributed by atoms with Crippen molar-refractivity contribution < 1.29 is 13.6 Å². The lowest BCUT2D eigenvalue weighted by molar-refractivity contribution is 0.0993. The SMILES string of the molecule is CC(Sc1nnc(-c2ccccc2)o1)C(=O)c1ccc(F)cc1. The maximum absolute atomic E-state index is 12.9. The number of aromatic nitrogens is 2. The van der Waals surface area contributed by atoms with E-state index in [0.29, 0.717) is 16.7 Å². The van der Waals surface area contributed by atoms with Crippen LogP contribution < -0.4 is 0 Å². The molecule has 0 amide bonds. The number of hydrogen-bond donors (Lipinski definition) is 0. The highest BCUT2D eigenvalue weighted by atomic mass is 32.2. The summed E-state index contributed by atoms with van der Waals surface area (Å²) >= 11 is 1.18. The van der Waals surface area contributed by atoms with E-state index < -0.39 is 5.25 Å². The molecule has 0 aliphatic heterocycles. The Kier molecular flexibility index (Phi) is 4.52. The highest BCUT2D eigenvalue weighted by Crippen LogP contribution is 2.27. The van der Waals surface area contributed by atoms with Crippen LogP contribution in [0.5, 0.6) is 0 Å². The number of carbonyl (C=O) groups is 1. The molecule has 1 unspecified atom stereocenters. The lowest BCUT2D eigenvalue weighted by atomic mass is 10.1. The number of rotatable bonds is 5. The van der Waals surface area contributed by atoms with Crippen LogP contribution in [-0.4, -0.2) is 21.2 Å². The molecule has 4 nitrogen and oxygen atoms in total. The van der Waals surface area contributed by atoms with Gasteiger partial charge in [-0.05, 0) is 43.3 Å². The molecule has 3 rings (SSSR count). The maximum Gasteiger partial charge on any atom is 0.277 e. The molecule has 0 saturated carbocycles. The summed E-state index contributed by atoms with van der Waals surface area (Å²) in [5.74, 6) is -0.0738. The van der Waals surface area contributed by atoms with Crippen LogP contribution in [0.4, 0.5) is 4.39 Å². The predicted molar refractivity (Wildman–Crippen MR) is 85.8 cm³/mol. The van der Waals surface area contributed by atoms with Crippen molar-refractivity contribution in [3.63, 3.8) is 0 Å². The van der Waals surface area contributed by atoms with Gasteiger partial charge in [0.1, 0.15) is 5.82 Å². The molecule has 3 aromatic rings. The van der Waals surface area contributed by atoms with Crippen LogP contribution in [0, 0.1) is 5.82 Å². The number of Topliss-reactive ketones (excluding diaryl/α,β-unsaturated/α-hetero) is 1. The summed E-state index contributed by atoms with van der Waals surface area (Å²) in [6, 6.07) is 14.9. The molecular weight excluding hydrogens is 315 g/mol. The molecule has 1 heterocycles. The quantitative estimate of drug-likeness (QED) is 0.518. The second-order valence-corrected chi connectivity index (χ2v) is 6.16. The van der Waals surface area contributed by atoms with Crippen molar-refractivity contribution >= 4 is 17.5 Å². The summed E-state index contributed by atoms with van der Waals surface area (Å²) < 4.78 is 18.5. The van der Waals surface area contributed by atoms with Crippen LogP contribution >= 0.6 is 11.8 Å². The Hall–Kier alpha value is -2.47. The van der Waals surface area contributed by atoms with Crippen LogP contribution in [0.2, 0.25) is 0 Å². The molecule has 0 bridgehead atoms. The summed E-state index contributed by atoms with van der Waals surface area (Å²) in [5, 5.41) is 7.85. The number of thioether (sulfide) groups is 1. The average molecular weight is 328 g/mol. The van der Waals surface area contributed by atoms with Gasteiger partial charge in [0.25, 0.3) is 5.22 Å². The third kappa shape index (κ3) is 3.65. The first-order valence-electron chi connectivity index (χ1n) is 6.99. The Morgan fingerprint density at radius 2 is 1.78 bits per heavy atom. The zero-order chi connectivity index (χ0) is 16.2. The Morgan fingerprint density at radius 1 is 1.09 bits per heavy atom. The van der Waals surface area contributed by atoms with Gasteiger partial charge in [-0.15, -0.1) is 10.2 Å². The molecule has 0 radical (unpaired) electrons. The van der Waals surface area contributed by atoms with Crippen molar-refractivity contribution in [3.05, 3.63) is 66.0 Å². The van der Waals surface area contributed by atoms with Crippen molar-refractivity contribution in [3.8, 4) is 11.5 Å². The standard InChI is InChI=1S/C17H13FN2O2S/c1-11(15(21)12-7-9-14(18)10-8-12)23-17-20-19-16(22-17)13-5-3-2-4-6-13/h2-11H,1H3. The molecule has 23 heavy (non-hydrogen) atoms. The van der Waals surface area contributed by atoms with E-state index in [9.17, 15) is 9.18 Å². The summed E-state index contributed by atoms with van der Waals surface area (Å²) in [6.07, 6.45) is 0. The van der Waals surface area contributed by atoms with E-state index in [-0.39, 0.29) is 11.6 Å². The minimum absolute atomic E-state index is 0.116. The van der Waals surface area contributed by atoms with Crippen molar-refractivity contribution in [2.75, 3.05) is 0 Å². The van der Waals surface area contributed by atoms with Gasteiger partial charge >= 0.3 is 0 Å². The molecule has 2 aromatic carbocycles. The topological polar surface area (TPSA) is 56.0 Å². The molecule has 1 aromatic heterocycles. The number of hydrogen-bond acceptors (Lipinski definition) is 5. The van der Waals surface area contributed by atoms with Gasteiger partial charge < -0.3 is 4.42 Å². The molecule has 6 heteroatoms. The van der Waals surface area contributed by atoms with Gasteiger partial charge in [-0.3, -0.25) is 4.79 Å². The van der Waals surface area contributed by atoms with Crippen molar-refractivity contribution in [2.24, 2.45) is 0 Å². The van der Waals surface area contributed by atoms with Gasteiger partial charge in [0.15, 0.2) is 5.78 Å². The minimum Gasteiger partial charge on any atom is -0.411 e. The fourth-order valence-corrected chi connectivity index (χ4v) is 2.77. The van der Waals surface area contributed by atoms with Crippen LogP contribution in [0.3, 0.4) is 0 Å². The Morgan fingerprint density at radius 3 is 2.48 bits per heavy atom. The van der Waals surface area contributed by atoms with Gasteiger partial charge in [-0.2, -0.15) is 0 Å². The van der Waals surface area contributed by atoms with Crippen LogP contribution in [0.1, 0.15) is 17.3 Å². The van der Waals surface area contributed by atoms with Crippen molar-refractivity contribution in [2.45, 2.75) is 17.4 Å². The highest BCUT2D eigenvalue weighted by Gasteiger charge is 2.20. The Labute approximate surface area is 136 Å².